The number of rotatable bonds is 2. The molecule has 0 aliphatic heterocycles. The monoisotopic (exact) mass is 229 g/mol. The van der Waals surface area contributed by atoms with Crippen molar-refractivity contribution in [3.05, 3.63) is 17.3 Å². The van der Waals surface area contributed by atoms with Gasteiger partial charge in [0, 0.05) is 11.1 Å². The van der Waals surface area contributed by atoms with Crippen molar-refractivity contribution in [3.8, 4) is 5.88 Å². The molecule has 0 bridgehead atoms. The minimum atomic E-state index is -2.30. The number of ether oxygens (including phenoxy) is 1. The second-order valence-electron chi connectivity index (χ2n) is 1.90. The molecule has 0 amide bonds. The topological polar surface area (TPSA) is 62.2 Å². The van der Waals surface area contributed by atoms with E-state index in [1.54, 1.807) is 0 Å². The van der Waals surface area contributed by atoms with Crippen LogP contribution in [0.15, 0.2) is 17.2 Å². The van der Waals surface area contributed by atoms with Gasteiger partial charge in [-0.05, 0) is 17.1 Å². The van der Waals surface area contributed by atoms with Gasteiger partial charge in [0.2, 0.25) is 5.88 Å². The summed E-state index contributed by atoms with van der Waals surface area (Å²) in [6.45, 7) is 0. The van der Waals surface area contributed by atoms with E-state index in [2.05, 4.69) is 4.98 Å². The Balaban J connectivity index is 0.00000144. The maximum Gasteiger partial charge on any atom is 1.00 e. The number of hydrogen-bond acceptors (Lipinski definition) is 4. The van der Waals surface area contributed by atoms with Crippen molar-refractivity contribution >= 4 is 22.7 Å². The van der Waals surface area contributed by atoms with Crippen LogP contribution in [-0.4, -0.2) is 20.9 Å². The third kappa shape index (κ3) is 3.53. The molecule has 7 heteroatoms. The first-order valence-electron chi connectivity index (χ1n) is 2.94. The second-order valence-corrected chi connectivity index (χ2v) is 3.24. The molecule has 1 aromatic rings. The molecule has 1 unspecified atom stereocenters. The van der Waals surface area contributed by atoms with Crippen LogP contribution < -0.4 is 34.3 Å². The van der Waals surface area contributed by atoms with E-state index in [1.807, 2.05) is 0 Å². The SMILES string of the molecule is COc1ncc(S(=O)[O-])cc1Cl.[Na+]. The van der Waals surface area contributed by atoms with E-state index in [0.29, 0.717) is 0 Å². The maximum absolute atomic E-state index is 10.4. The molecule has 0 fully saturated rings. The Morgan fingerprint density at radius 3 is 2.69 bits per heavy atom. The summed E-state index contributed by atoms with van der Waals surface area (Å²) < 4.78 is 25.6. The van der Waals surface area contributed by atoms with E-state index in [0.717, 1.165) is 0 Å². The molecule has 1 aromatic heterocycles. The van der Waals surface area contributed by atoms with Gasteiger partial charge in [-0.15, -0.1) is 0 Å². The van der Waals surface area contributed by atoms with Crippen molar-refractivity contribution in [2.24, 2.45) is 0 Å². The van der Waals surface area contributed by atoms with Crippen LogP contribution >= 0.6 is 11.6 Å². The smallest absolute Gasteiger partial charge is 0.768 e. The summed E-state index contributed by atoms with van der Waals surface area (Å²) in [5, 5.41) is 0.180. The molecule has 13 heavy (non-hydrogen) atoms. The molecule has 66 valence electrons. The average molecular weight is 230 g/mol. The fourth-order valence-corrected chi connectivity index (χ4v) is 1.31. The largest absolute Gasteiger partial charge is 1.00 e. The molecular weight excluding hydrogens is 225 g/mol. The van der Waals surface area contributed by atoms with E-state index in [9.17, 15) is 8.76 Å². The van der Waals surface area contributed by atoms with Gasteiger partial charge in [0.25, 0.3) is 0 Å². The van der Waals surface area contributed by atoms with Crippen LogP contribution in [0, 0.1) is 0 Å². The zero-order chi connectivity index (χ0) is 9.14. The molecule has 0 spiro atoms. The van der Waals surface area contributed by atoms with E-state index >= 15 is 0 Å². The predicted molar refractivity (Wildman–Crippen MR) is 43.0 cm³/mol. The summed E-state index contributed by atoms with van der Waals surface area (Å²) >= 11 is 3.31. The van der Waals surface area contributed by atoms with Crippen molar-refractivity contribution in [2.45, 2.75) is 4.90 Å². The van der Waals surface area contributed by atoms with E-state index in [1.165, 1.54) is 19.4 Å². The standard InChI is InChI=1S/C6H6ClNO3S.Na/c1-11-6-5(7)2-4(3-8-6)12(9)10;/h2-3H,1H3,(H,9,10);/q;+1/p-1. The Morgan fingerprint density at radius 2 is 2.31 bits per heavy atom. The molecule has 0 saturated carbocycles. The van der Waals surface area contributed by atoms with Crippen molar-refractivity contribution in [2.75, 3.05) is 7.11 Å². The van der Waals surface area contributed by atoms with Crippen molar-refractivity contribution in [3.63, 3.8) is 0 Å². The maximum atomic E-state index is 10.4. The van der Waals surface area contributed by atoms with Crippen molar-refractivity contribution < 1.29 is 43.1 Å². The number of pyridine rings is 1. The van der Waals surface area contributed by atoms with Crippen LogP contribution in [0.5, 0.6) is 5.88 Å². The minimum absolute atomic E-state index is 0. The Bertz CT molecular complexity index is 323. The van der Waals surface area contributed by atoms with Gasteiger partial charge in [-0.3, -0.25) is 4.21 Å². The Kier molecular flexibility index (Phi) is 6.11. The molecule has 0 aliphatic rings. The third-order valence-electron chi connectivity index (χ3n) is 1.17. The van der Waals surface area contributed by atoms with Gasteiger partial charge in [0.05, 0.1) is 7.11 Å². The number of hydrogen-bond donors (Lipinski definition) is 0. The Labute approximate surface area is 105 Å². The first-order chi connectivity index (χ1) is 5.65. The first kappa shape index (κ1) is 13.4. The zero-order valence-electron chi connectivity index (χ0n) is 7.11. The van der Waals surface area contributed by atoms with Gasteiger partial charge < -0.3 is 9.29 Å². The fraction of sp³-hybridized carbons (Fsp3) is 0.167. The minimum Gasteiger partial charge on any atom is -0.768 e. The summed E-state index contributed by atoms with van der Waals surface area (Å²) in [6.07, 6.45) is 1.17. The third-order valence-corrected chi connectivity index (χ3v) is 2.05. The molecule has 0 aromatic carbocycles. The summed E-state index contributed by atoms with van der Waals surface area (Å²) in [6, 6.07) is 1.27. The molecule has 0 saturated heterocycles. The Hall–Kier alpha value is 0.350. The predicted octanol–water partition coefficient (Wildman–Crippen LogP) is -2.01. The van der Waals surface area contributed by atoms with Crippen LogP contribution in [-0.2, 0) is 11.1 Å². The molecule has 4 nitrogen and oxygen atoms in total. The molecule has 1 heterocycles. The summed E-state index contributed by atoms with van der Waals surface area (Å²) in [5.41, 5.74) is 0. The van der Waals surface area contributed by atoms with Gasteiger partial charge in [0.1, 0.15) is 5.02 Å². The van der Waals surface area contributed by atoms with Gasteiger partial charge >= 0.3 is 29.6 Å². The summed E-state index contributed by atoms with van der Waals surface area (Å²) in [4.78, 5) is 3.71. The Morgan fingerprint density at radius 1 is 1.69 bits per heavy atom. The molecular formula is C6H5ClNNaO3S. The average Bonchev–Trinajstić information content (AvgIpc) is 2.04. The first-order valence-corrected chi connectivity index (χ1v) is 4.39. The van der Waals surface area contributed by atoms with Crippen LogP contribution in [0.1, 0.15) is 0 Å². The van der Waals surface area contributed by atoms with Crippen molar-refractivity contribution in [1.82, 2.24) is 4.98 Å². The molecule has 1 rings (SSSR count). The molecule has 1 atom stereocenters. The van der Waals surface area contributed by atoms with E-state index < -0.39 is 11.1 Å². The molecule has 0 aliphatic carbocycles. The van der Waals surface area contributed by atoms with E-state index in [-0.39, 0.29) is 45.4 Å². The zero-order valence-corrected chi connectivity index (χ0v) is 10.7. The quantitative estimate of drug-likeness (QED) is 0.434. The van der Waals surface area contributed by atoms with Crippen molar-refractivity contribution in [1.29, 1.82) is 0 Å². The summed E-state index contributed by atoms with van der Waals surface area (Å²) in [5.74, 6) is 0.214. The van der Waals surface area contributed by atoms with Gasteiger partial charge in [0.15, 0.2) is 0 Å². The van der Waals surface area contributed by atoms with Crippen LogP contribution in [0.4, 0.5) is 0 Å². The van der Waals surface area contributed by atoms with Crippen LogP contribution in [0.25, 0.3) is 0 Å². The van der Waals surface area contributed by atoms with Crippen LogP contribution in [0.2, 0.25) is 5.02 Å². The van der Waals surface area contributed by atoms with Gasteiger partial charge in [-0.1, -0.05) is 11.6 Å². The number of methoxy groups -OCH3 is 1. The number of aromatic nitrogens is 1. The number of nitrogens with zero attached hydrogens (tertiary/aromatic N) is 1. The van der Waals surface area contributed by atoms with Gasteiger partial charge in [-0.2, -0.15) is 0 Å². The normalized spacial score (nSPS) is 11.6. The van der Waals surface area contributed by atoms with Crippen LogP contribution in [0.3, 0.4) is 0 Å². The fourth-order valence-electron chi connectivity index (χ4n) is 0.649. The van der Waals surface area contributed by atoms with Gasteiger partial charge in [-0.25, -0.2) is 4.98 Å². The summed E-state index contributed by atoms with van der Waals surface area (Å²) in [7, 11) is 1.40. The second kappa shape index (κ2) is 5.95. The molecule has 0 radical (unpaired) electrons. The molecule has 0 N–H and O–H groups in total. The number of halogens is 1. The van der Waals surface area contributed by atoms with E-state index in [4.69, 9.17) is 16.3 Å².